The van der Waals surface area contributed by atoms with Crippen molar-refractivity contribution >= 4 is 63.8 Å². The summed E-state index contributed by atoms with van der Waals surface area (Å²) in [5.74, 6) is -1.40. The third-order valence-corrected chi connectivity index (χ3v) is 11.2. The summed E-state index contributed by atoms with van der Waals surface area (Å²) in [5.41, 5.74) is 14.8. The quantitative estimate of drug-likeness (QED) is 0.0876. The number of aromatic nitrogens is 9. The van der Waals surface area contributed by atoms with Crippen molar-refractivity contribution in [2.75, 3.05) is 50.0 Å². The van der Waals surface area contributed by atoms with Crippen molar-refractivity contribution in [2.24, 2.45) is 11.5 Å². The molecule has 7 rings (SSSR count). The summed E-state index contributed by atoms with van der Waals surface area (Å²) in [5, 5.41) is 14.7. The molecule has 1 saturated heterocycles. The molecule has 67 heavy (non-hydrogen) atoms. The first-order valence-corrected chi connectivity index (χ1v) is 22.5. The average Bonchev–Trinajstić information content (AvgIpc) is 4.05. The molecule has 0 aliphatic carbocycles. The Morgan fingerprint density at radius 2 is 1.31 bits per heavy atom. The van der Waals surface area contributed by atoms with E-state index >= 15 is 0 Å². The zero-order chi connectivity index (χ0) is 48.2. The number of pyridine rings is 1. The summed E-state index contributed by atoms with van der Waals surface area (Å²) >= 11 is 0. The number of unbranched alkanes of at least 4 members (excludes halogenated alkanes) is 1. The van der Waals surface area contributed by atoms with Crippen LogP contribution in [0, 0.1) is 13.8 Å². The van der Waals surface area contributed by atoms with Gasteiger partial charge in [-0.1, -0.05) is 0 Å². The normalized spacial score (nSPS) is 13.3. The highest BCUT2D eigenvalue weighted by atomic mass is 16.6. The minimum Gasteiger partial charge on any atom is -0.491 e. The van der Waals surface area contributed by atoms with Gasteiger partial charge in [0.25, 0.3) is 17.7 Å². The van der Waals surface area contributed by atoms with E-state index < -0.39 is 29.2 Å². The van der Waals surface area contributed by atoms with Crippen LogP contribution < -0.4 is 26.8 Å². The Hall–Kier alpha value is -7.36. The largest absolute Gasteiger partial charge is 0.491 e. The number of ether oxygens (including phenoxy) is 2. The molecule has 0 saturated carbocycles. The Morgan fingerprint density at radius 1 is 0.716 bits per heavy atom. The van der Waals surface area contributed by atoms with Crippen LogP contribution in [0.3, 0.4) is 0 Å². The molecule has 1 aromatic carbocycles. The van der Waals surface area contributed by atoms with Crippen LogP contribution in [0.25, 0.3) is 22.2 Å². The summed E-state index contributed by atoms with van der Waals surface area (Å²) in [7, 11) is 0. The molecule has 1 aliphatic rings. The number of nitrogens with zero attached hydrogens (tertiary/aromatic N) is 11. The predicted molar refractivity (Wildman–Crippen MR) is 249 cm³/mol. The standard InChI is InChI=1S/C45H59N15O7/c1-8-59-33(23-27(3)53-59)40(63)51-42-49-31-25-29(37(46)61)26-35(66-22-12-15-55-18-20-56(21-19-55)44(65)67-45(5,6)7)36(31)58(42)17-11-10-16-57-32-14-13-30(38(47)62)48-39(32)50-43(57)52-41(64)34-24-28(4)54-60(34)9-2/h13-14,23-26H,8-12,15-22H2,1-7H3,(H2,46,61)(H2,47,62)(H,49,51,63)(H,48,50,52,64). The molecule has 5 amide bonds. The van der Waals surface area contributed by atoms with Crippen LogP contribution in [-0.4, -0.2) is 128 Å². The smallest absolute Gasteiger partial charge is 0.410 e. The van der Waals surface area contributed by atoms with E-state index in [1.165, 1.54) is 6.07 Å². The van der Waals surface area contributed by atoms with Gasteiger partial charge >= 0.3 is 6.09 Å². The van der Waals surface area contributed by atoms with Gasteiger partial charge in [-0.05, 0) is 104 Å². The number of nitrogens with two attached hydrogens (primary N) is 2. The molecule has 0 atom stereocenters. The van der Waals surface area contributed by atoms with Gasteiger partial charge in [0, 0.05) is 64.5 Å². The van der Waals surface area contributed by atoms with Gasteiger partial charge < -0.3 is 35.0 Å². The van der Waals surface area contributed by atoms with Crippen molar-refractivity contribution in [3.63, 3.8) is 0 Å². The number of aryl methyl sites for hydroxylation is 6. The number of nitrogens with one attached hydrogen (secondary N) is 2. The second-order valence-corrected chi connectivity index (χ2v) is 17.4. The number of carbonyl (C=O) groups excluding carboxylic acids is 5. The average molecular weight is 922 g/mol. The van der Waals surface area contributed by atoms with Gasteiger partial charge in [-0.25, -0.2) is 14.8 Å². The van der Waals surface area contributed by atoms with Gasteiger partial charge in [0.15, 0.2) is 5.65 Å². The summed E-state index contributed by atoms with van der Waals surface area (Å²) in [4.78, 5) is 82.5. The molecule has 1 aliphatic heterocycles. The number of hydrogen-bond acceptors (Lipinski definition) is 13. The lowest BCUT2D eigenvalue weighted by Gasteiger charge is -2.35. The summed E-state index contributed by atoms with van der Waals surface area (Å²) in [6.45, 7) is 18.1. The van der Waals surface area contributed by atoms with E-state index in [4.69, 9.17) is 25.9 Å². The van der Waals surface area contributed by atoms with Crippen molar-refractivity contribution in [1.29, 1.82) is 0 Å². The SMILES string of the molecule is CCn1nc(C)cc1C(=O)Nc1nc2nc(C(N)=O)ccc2n1CCCCn1c(NC(=O)c2cc(C)nn2CC)nc2cc(C(N)=O)cc(OCCCN3CCN(C(=O)OC(C)(C)C)CC3)c21. The topological polar surface area (TPSA) is 271 Å². The monoisotopic (exact) mass is 921 g/mol. The zero-order valence-electron chi connectivity index (χ0n) is 39.1. The first-order chi connectivity index (χ1) is 31.9. The van der Waals surface area contributed by atoms with Crippen LogP contribution in [-0.2, 0) is 30.9 Å². The molecule has 6 heterocycles. The van der Waals surface area contributed by atoms with Gasteiger partial charge in [-0.2, -0.15) is 15.2 Å². The lowest BCUT2D eigenvalue weighted by atomic mass is 10.1. The predicted octanol–water partition coefficient (Wildman–Crippen LogP) is 4.34. The molecular weight excluding hydrogens is 863 g/mol. The number of hydrogen-bond donors (Lipinski definition) is 4. The molecular formula is C45H59N15O7. The fourth-order valence-corrected chi connectivity index (χ4v) is 8.02. The number of piperazine rings is 1. The zero-order valence-corrected chi connectivity index (χ0v) is 39.1. The minimum absolute atomic E-state index is 0.0315. The molecule has 356 valence electrons. The second-order valence-electron chi connectivity index (χ2n) is 17.4. The molecule has 1 fully saturated rings. The number of anilines is 2. The van der Waals surface area contributed by atoms with E-state index in [0.29, 0.717) is 123 Å². The van der Waals surface area contributed by atoms with Crippen LogP contribution >= 0.6 is 0 Å². The Morgan fingerprint density at radius 3 is 1.88 bits per heavy atom. The lowest BCUT2D eigenvalue weighted by molar-refractivity contribution is 0.0141. The van der Waals surface area contributed by atoms with Crippen LogP contribution in [0.1, 0.15) is 107 Å². The van der Waals surface area contributed by atoms with Gasteiger partial charge in [0.1, 0.15) is 33.9 Å². The Bertz CT molecular complexity index is 2820. The van der Waals surface area contributed by atoms with Crippen molar-refractivity contribution in [3.05, 3.63) is 70.4 Å². The summed E-state index contributed by atoms with van der Waals surface area (Å²) in [6, 6.07) is 9.77. The van der Waals surface area contributed by atoms with Gasteiger partial charge in [-0.15, -0.1) is 0 Å². The summed E-state index contributed by atoms with van der Waals surface area (Å²) in [6.07, 6.45) is 1.37. The number of imidazole rings is 2. The van der Waals surface area contributed by atoms with Crippen LogP contribution in [0.5, 0.6) is 5.75 Å². The Kier molecular flexibility index (Phi) is 14.2. The van der Waals surface area contributed by atoms with Crippen LogP contribution in [0.4, 0.5) is 16.7 Å². The number of carbonyl (C=O) groups is 5. The van der Waals surface area contributed by atoms with Crippen molar-refractivity contribution in [3.8, 4) is 5.75 Å². The molecule has 22 heteroatoms. The fraction of sp³-hybridized carbons (Fsp3) is 0.467. The number of benzene rings is 1. The van der Waals surface area contributed by atoms with Gasteiger partial charge in [0.05, 0.1) is 29.0 Å². The van der Waals surface area contributed by atoms with Crippen molar-refractivity contribution in [2.45, 2.75) is 99.5 Å². The van der Waals surface area contributed by atoms with E-state index in [9.17, 15) is 24.0 Å². The van der Waals surface area contributed by atoms with E-state index in [2.05, 4.69) is 35.7 Å². The maximum Gasteiger partial charge on any atom is 0.410 e. The maximum atomic E-state index is 13.9. The van der Waals surface area contributed by atoms with Crippen LogP contribution in [0.15, 0.2) is 36.4 Å². The van der Waals surface area contributed by atoms with E-state index in [0.717, 1.165) is 0 Å². The highest BCUT2D eigenvalue weighted by Crippen LogP contribution is 2.32. The minimum atomic E-state index is -0.712. The van der Waals surface area contributed by atoms with Gasteiger partial charge in [-0.3, -0.25) is 44.1 Å². The molecule has 6 N–H and O–H groups in total. The van der Waals surface area contributed by atoms with E-state index in [1.54, 1.807) is 44.6 Å². The van der Waals surface area contributed by atoms with Crippen molar-refractivity contribution < 1.29 is 33.4 Å². The molecule has 6 aromatic rings. The molecule has 0 unspecified atom stereocenters. The third kappa shape index (κ3) is 11.0. The molecule has 0 spiro atoms. The first-order valence-electron chi connectivity index (χ1n) is 22.5. The second kappa shape index (κ2) is 20.0. The first kappa shape index (κ1) is 47.6. The summed E-state index contributed by atoms with van der Waals surface area (Å²) < 4.78 is 18.9. The number of primary amides is 2. The third-order valence-electron chi connectivity index (χ3n) is 11.2. The molecule has 22 nitrogen and oxygen atoms in total. The maximum absolute atomic E-state index is 13.9. The Labute approximate surface area is 386 Å². The molecule has 5 aromatic heterocycles. The number of amides is 5. The number of rotatable bonds is 18. The van der Waals surface area contributed by atoms with Crippen LogP contribution in [0.2, 0.25) is 0 Å². The number of fused-ring (bicyclic) bond motifs is 2. The highest BCUT2D eigenvalue weighted by Gasteiger charge is 2.27. The van der Waals surface area contributed by atoms with Gasteiger partial charge in [0.2, 0.25) is 17.8 Å². The van der Waals surface area contributed by atoms with Crippen molar-refractivity contribution in [1.82, 2.24) is 53.4 Å². The highest BCUT2D eigenvalue weighted by molar-refractivity contribution is 6.05. The fourth-order valence-electron chi connectivity index (χ4n) is 8.02. The van der Waals surface area contributed by atoms with E-state index in [-0.39, 0.29) is 41.5 Å². The molecule has 0 radical (unpaired) electrons. The molecule has 0 bridgehead atoms. The van der Waals surface area contributed by atoms with E-state index in [1.807, 2.05) is 57.6 Å². The lowest BCUT2D eigenvalue weighted by Crippen LogP contribution is -2.50. The Balaban J connectivity index is 1.13.